The molecule has 2 aromatic rings. The van der Waals surface area contributed by atoms with E-state index in [-0.39, 0.29) is 22.9 Å². The van der Waals surface area contributed by atoms with E-state index in [4.69, 9.17) is 26.2 Å². The summed E-state index contributed by atoms with van der Waals surface area (Å²) in [5.74, 6) is -0.529. The second kappa shape index (κ2) is 6.18. The van der Waals surface area contributed by atoms with Crippen molar-refractivity contribution >= 4 is 29.2 Å². The summed E-state index contributed by atoms with van der Waals surface area (Å²) in [5.41, 5.74) is 0.231. The van der Waals surface area contributed by atoms with Gasteiger partial charge in [-0.1, -0.05) is 23.7 Å². The maximum Gasteiger partial charge on any atom is 0.335 e. The number of hydrogen-bond donors (Lipinski definition) is 2. The van der Waals surface area contributed by atoms with Crippen LogP contribution >= 0.6 is 11.6 Å². The Morgan fingerprint density at radius 1 is 1.17 bits per heavy atom. The van der Waals surface area contributed by atoms with Crippen molar-refractivity contribution in [3.63, 3.8) is 0 Å². The number of carboxylic acids is 1. The van der Waals surface area contributed by atoms with Crippen LogP contribution in [0.15, 0.2) is 42.5 Å². The van der Waals surface area contributed by atoms with Crippen LogP contribution in [0.2, 0.25) is 5.02 Å². The highest BCUT2D eigenvalue weighted by Crippen LogP contribution is 2.31. The number of nitrogens with one attached hydrogen (secondary N) is 1. The molecule has 0 fully saturated rings. The van der Waals surface area contributed by atoms with Gasteiger partial charge in [-0.25, -0.2) is 4.79 Å². The smallest absolute Gasteiger partial charge is 0.335 e. The molecule has 0 saturated carbocycles. The Bertz CT molecular complexity index is 777. The largest absolute Gasteiger partial charge is 0.485 e. The Kier molecular flexibility index (Phi) is 4.08. The molecule has 1 aliphatic rings. The van der Waals surface area contributed by atoms with Crippen LogP contribution in [0, 0.1) is 0 Å². The average Bonchev–Trinajstić information content (AvgIpc) is 2.56. The summed E-state index contributed by atoms with van der Waals surface area (Å²) >= 11 is 5.99. The van der Waals surface area contributed by atoms with Gasteiger partial charge in [-0.05, 0) is 30.3 Å². The number of ether oxygens (including phenoxy) is 2. The summed E-state index contributed by atoms with van der Waals surface area (Å²) in [6.07, 6.45) is -0.852. The topological polar surface area (TPSA) is 84.9 Å². The van der Waals surface area contributed by atoms with Crippen LogP contribution in [0.25, 0.3) is 0 Å². The van der Waals surface area contributed by atoms with Crippen molar-refractivity contribution in [1.29, 1.82) is 0 Å². The first-order valence-corrected chi connectivity index (χ1v) is 7.14. The van der Waals surface area contributed by atoms with Gasteiger partial charge in [0, 0.05) is 0 Å². The van der Waals surface area contributed by atoms with Crippen molar-refractivity contribution in [3.05, 3.63) is 53.1 Å². The van der Waals surface area contributed by atoms with E-state index >= 15 is 0 Å². The molecule has 23 heavy (non-hydrogen) atoms. The van der Waals surface area contributed by atoms with Crippen LogP contribution in [-0.4, -0.2) is 29.7 Å². The lowest BCUT2D eigenvalue weighted by molar-refractivity contribution is -0.125. The first-order chi connectivity index (χ1) is 11.0. The third-order valence-electron chi connectivity index (χ3n) is 3.27. The highest BCUT2D eigenvalue weighted by Gasteiger charge is 2.27. The first-order valence-electron chi connectivity index (χ1n) is 6.77. The molecule has 0 spiro atoms. The molecule has 7 heteroatoms. The molecular formula is C16H12ClNO5. The standard InChI is InChI=1S/C16H12ClNO5/c17-10-6-5-9(16(20)21)7-11(10)18-15(19)14-8-22-12-3-1-2-4-13(12)23-14/h1-7,14H,8H2,(H,18,19)(H,20,21)/t14-/m0/s1. The molecule has 1 aliphatic heterocycles. The van der Waals surface area contributed by atoms with Gasteiger partial charge < -0.3 is 19.9 Å². The van der Waals surface area contributed by atoms with Crippen molar-refractivity contribution in [2.45, 2.75) is 6.10 Å². The summed E-state index contributed by atoms with van der Waals surface area (Å²) in [4.78, 5) is 23.3. The summed E-state index contributed by atoms with van der Waals surface area (Å²) in [5, 5.41) is 11.8. The number of anilines is 1. The van der Waals surface area contributed by atoms with Gasteiger partial charge in [0.1, 0.15) is 6.61 Å². The number of aromatic carboxylic acids is 1. The highest BCUT2D eigenvalue weighted by molar-refractivity contribution is 6.33. The summed E-state index contributed by atoms with van der Waals surface area (Å²) in [6.45, 7) is 0.0546. The minimum atomic E-state index is -1.11. The SMILES string of the molecule is O=C(O)c1ccc(Cl)c(NC(=O)[C@@H]2COc3ccccc3O2)c1. The van der Waals surface area contributed by atoms with Gasteiger partial charge in [-0.15, -0.1) is 0 Å². The fraction of sp³-hybridized carbons (Fsp3) is 0.125. The molecule has 1 amide bonds. The molecule has 0 unspecified atom stereocenters. The maximum absolute atomic E-state index is 12.3. The average molecular weight is 334 g/mol. The zero-order chi connectivity index (χ0) is 16.4. The fourth-order valence-electron chi connectivity index (χ4n) is 2.12. The Morgan fingerprint density at radius 2 is 1.91 bits per heavy atom. The molecule has 0 radical (unpaired) electrons. The number of hydrogen-bond acceptors (Lipinski definition) is 4. The predicted molar refractivity (Wildman–Crippen MR) is 83.4 cm³/mol. The Labute approximate surface area is 136 Å². The summed E-state index contributed by atoms with van der Waals surface area (Å²) in [7, 11) is 0. The van der Waals surface area contributed by atoms with E-state index in [9.17, 15) is 9.59 Å². The monoisotopic (exact) mass is 333 g/mol. The van der Waals surface area contributed by atoms with Crippen LogP contribution in [0.4, 0.5) is 5.69 Å². The first kappa shape index (κ1) is 15.2. The Hall–Kier alpha value is -2.73. The van der Waals surface area contributed by atoms with Gasteiger partial charge >= 0.3 is 5.97 Å². The Balaban J connectivity index is 1.75. The normalized spacial score (nSPS) is 15.8. The molecule has 118 valence electrons. The molecule has 2 aromatic carbocycles. The Morgan fingerprint density at radius 3 is 2.65 bits per heavy atom. The lowest BCUT2D eigenvalue weighted by atomic mass is 10.2. The van der Waals surface area contributed by atoms with Gasteiger partial charge in [0.25, 0.3) is 5.91 Å². The minimum Gasteiger partial charge on any atom is -0.485 e. The number of benzene rings is 2. The van der Waals surface area contributed by atoms with Crippen LogP contribution in [0.1, 0.15) is 10.4 Å². The number of fused-ring (bicyclic) bond motifs is 1. The molecule has 1 heterocycles. The second-order valence-corrected chi connectivity index (χ2v) is 5.26. The third kappa shape index (κ3) is 3.22. The minimum absolute atomic E-state index is 0.0239. The van der Waals surface area contributed by atoms with E-state index in [1.165, 1.54) is 18.2 Å². The predicted octanol–water partition coefficient (Wildman–Crippen LogP) is 2.82. The quantitative estimate of drug-likeness (QED) is 0.902. The molecular weight excluding hydrogens is 322 g/mol. The number of rotatable bonds is 3. The van der Waals surface area contributed by atoms with E-state index < -0.39 is 18.0 Å². The molecule has 1 atom stereocenters. The van der Waals surface area contributed by atoms with E-state index in [2.05, 4.69) is 5.32 Å². The zero-order valence-electron chi connectivity index (χ0n) is 11.8. The number of halogens is 1. The molecule has 0 aliphatic carbocycles. The zero-order valence-corrected chi connectivity index (χ0v) is 12.5. The van der Waals surface area contributed by atoms with Crippen LogP contribution in [-0.2, 0) is 4.79 Å². The summed E-state index contributed by atoms with van der Waals surface area (Å²) in [6, 6.07) is 11.1. The molecule has 0 aromatic heterocycles. The number of carboxylic acid groups (broad SMARTS) is 1. The van der Waals surface area contributed by atoms with Gasteiger partial charge in [0.15, 0.2) is 11.5 Å². The molecule has 2 N–H and O–H groups in total. The maximum atomic E-state index is 12.3. The van der Waals surface area contributed by atoms with Gasteiger partial charge in [-0.2, -0.15) is 0 Å². The molecule has 0 bridgehead atoms. The fourth-order valence-corrected chi connectivity index (χ4v) is 2.28. The lowest BCUT2D eigenvalue weighted by Gasteiger charge is -2.25. The van der Waals surface area contributed by atoms with E-state index in [1.807, 2.05) is 0 Å². The van der Waals surface area contributed by atoms with Crippen LogP contribution in [0.5, 0.6) is 11.5 Å². The number of carbonyl (C=O) groups excluding carboxylic acids is 1. The van der Waals surface area contributed by atoms with Gasteiger partial charge in [0.05, 0.1) is 16.3 Å². The van der Waals surface area contributed by atoms with Crippen molar-refractivity contribution < 1.29 is 24.2 Å². The lowest BCUT2D eigenvalue weighted by Crippen LogP contribution is -2.40. The van der Waals surface area contributed by atoms with Crippen molar-refractivity contribution in [2.75, 3.05) is 11.9 Å². The second-order valence-electron chi connectivity index (χ2n) is 4.85. The number of amides is 1. The van der Waals surface area contributed by atoms with E-state index in [0.717, 1.165) is 0 Å². The molecule has 3 rings (SSSR count). The van der Waals surface area contributed by atoms with Crippen molar-refractivity contribution in [3.8, 4) is 11.5 Å². The van der Waals surface area contributed by atoms with Crippen LogP contribution in [0.3, 0.4) is 0 Å². The van der Waals surface area contributed by atoms with E-state index in [1.54, 1.807) is 24.3 Å². The van der Waals surface area contributed by atoms with Crippen molar-refractivity contribution in [2.24, 2.45) is 0 Å². The number of carbonyl (C=O) groups is 2. The van der Waals surface area contributed by atoms with Gasteiger partial charge in [-0.3, -0.25) is 4.79 Å². The third-order valence-corrected chi connectivity index (χ3v) is 3.60. The van der Waals surface area contributed by atoms with Crippen molar-refractivity contribution in [1.82, 2.24) is 0 Å². The highest BCUT2D eigenvalue weighted by atomic mass is 35.5. The van der Waals surface area contributed by atoms with Crippen LogP contribution < -0.4 is 14.8 Å². The van der Waals surface area contributed by atoms with Gasteiger partial charge in [0.2, 0.25) is 6.10 Å². The molecule has 0 saturated heterocycles. The van der Waals surface area contributed by atoms with E-state index in [0.29, 0.717) is 11.5 Å². The molecule has 6 nitrogen and oxygen atoms in total. The number of para-hydroxylation sites is 2. The summed E-state index contributed by atoms with van der Waals surface area (Å²) < 4.78 is 11.1.